The number of piperidine rings is 1. The average molecular weight is 345 g/mol. The van der Waals surface area contributed by atoms with Crippen LogP contribution in [0.4, 0.5) is 0 Å². The number of hydrogen-bond acceptors (Lipinski definition) is 3. The zero-order chi connectivity index (χ0) is 17.5. The van der Waals surface area contributed by atoms with Crippen LogP contribution in [0.1, 0.15) is 31.4 Å². The molecule has 2 unspecified atom stereocenters. The number of nitrogens with one attached hydrogen (secondary N) is 1. The van der Waals surface area contributed by atoms with E-state index in [1.807, 2.05) is 18.7 Å². The van der Waals surface area contributed by atoms with E-state index < -0.39 is 0 Å². The molecule has 1 saturated heterocycles. The van der Waals surface area contributed by atoms with E-state index in [-0.39, 0.29) is 0 Å². The number of fused-ring (bicyclic) bond motifs is 3. The molecular weight excluding hydrogens is 322 g/mol. The normalized spacial score (nSPS) is 21.6. The summed E-state index contributed by atoms with van der Waals surface area (Å²) in [6.45, 7) is 4.49. The lowest BCUT2D eigenvalue weighted by Crippen LogP contribution is -2.40. The van der Waals surface area contributed by atoms with Gasteiger partial charge in [-0.05, 0) is 31.4 Å². The van der Waals surface area contributed by atoms with Gasteiger partial charge in [0.05, 0.1) is 18.0 Å². The van der Waals surface area contributed by atoms with Gasteiger partial charge in [-0.25, -0.2) is 9.97 Å². The lowest BCUT2D eigenvalue weighted by Gasteiger charge is -2.38. The van der Waals surface area contributed by atoms with Gasteiger partial charge < -0.3 is 9.55 Å². The van der Waals surface area contributed by atoms with Gasteiger partial charge in [0, 0.05) is 36.8 Å². The number of aromatic amines is 1. The van der Waals surface area contributed by atoms with E-state index in [2.05, 4.69) is 67.7 Å². The van der Waals surface area contributed by atoms with Gasteiger partial charge in [0.15, 0.2) is 0 Å². The van der Waals surface area contributed by atoms with Crippen LogP contribution in [0.3, 0.4) is 0 Å². The van der Waals surface area contributed by atoms with Crippen LogP contribution in [0, 0.1) is 0 Å². The summed E-state index contributed by atoms with van der Waals surface area (Å²) in [5.74, 6) is 0. The molecule has 3 aromatic heterocycles. The number of nitrogens with zero attached hydrogens (tertiary/aromatic N) is 4. The Hall–Kier alpha value is -2.66. The minimum absolute atomic E-state index is 0.488. The maximum Gasteiger partial charge on any atom is 0.139 e. The minimum Gasteiger partial charge on any atom is -0.346 e. The second-order valence-corrected chi connectivity index (χ2v) is 7.37. The molecule has 0 bridgehead atoms. The molecule has 0 amide bonds. The quantitative estimate of drug-likeness (QED) is 0.607. The van der Waals surface area contributed by atoms with E-state index in [0.29, 0.717) is 12.1 Å². The molecule has 5 nitrogen and oxygen atoms in total. The van der Waals surface area contributed by atoms with Gasteiger partial charge in [0.25, 0.3) is 0 Å². The molecule has 0 spiro atoms. The second kappa shape index (κ2) is 6.25. The Morgan fingerprint density at radius 3 is 2.88 bits per heavy atom. The van der Waals surface area contributed by atoms with E-state index >= 15 is 0 Å². The molecule has 0 saturated carbocycles. The molecule has 4 aromatic rings. The maximum atomic E-state index is 4.61. The Bertz CT molecular complexity index is 1030. The Labute approximate surface area is 152 Å². The van der Waals surface area contributed by atoms with Crippen LogP contribution in [0.25, 0.3) is 22.1 Å². The Balaban J connectivity index is 1.41. The van der Waals surface area contributed by atoms with E-state index in [4.69, 9.17) is 0 Å². The van der Waals surface area contributed by atoms with E-state index in [1.54, 1.807) is 0 Å². The third-order valence-corrected chi connectivity index (χ3v) is 5.73. The molecule has 1 aliphatic rings. The average Bonchev–Trinajstić information content (AvgIpc) is 3.30. The summed E-state index contributed by atoms with van der Waals surface area (Å²) in [6, 6.07) is 13.9. The monoisotopic (exact) mass is 345 g/mol. The van der Waals surface area contributed by atoms with Gasteiger partial charge in [-0.1, -0.05) is 30.3 Å². The summed E-state index contributed by atoms with van der Waals surface area (Å²) in [5.41, 5.74) is 4.53. The van der Waals surface area contributed by atoms with Crippen molar-refractivity contribution in [2.45, 2.75) is 38.4 Å². The molecule has 0 aliphatic carbocycles. The number of aromatic nitrogens is 4. The van der Waals surface area contributed by atoms with Gasteiger partial charge in [-0.15, -0.1) is 0 Å². The first-order valence-corrected chi connectivity index (χ1v) is 9.36. The van der Waals surface area contributed by atoms with Crippen molar-refractivity contribution in [3.8, 4) is 0 Å². The van der Waals surface area contributed by atoms with E-state index in [9.17, 15) is 0 Å². The topological polar surface area (TPSA) is 49.7 Å². The highest BCUT2D eigenvalue weighted by Gasteiger charge is 2.27. The Kier molecular flexibility index (Phi) is 3.75. The molecule has 132 valence electrons. The van der Waals surface area contributed by atoms with Gasteiger partial charge in [0.2, 0.25) is 0 Å². The smallest absolute Gasteiger partial charge is 0.139 e. The SMILES string of the molecule is CC1CC(n2cnc3cnc4[nH]ccc4c32)CCN1Cc1ccccc1. The van der Waals surface area contributed by atoms with Crippen molar-refractivity contribution in [3.05, 3.63) is 60.7 Å². The predicted molar refractivity (Wildman–Crippen MR) is 104 cm³/mol. The highest BCUT2D eigenvalue weighted by molar-refractivity contribution is 6.00. The van der Waals surface area contributed by atoms with Crippen LogP contribution in [-0.2, 0) is 6.54 Å². The number of likely N-dealkylation sites (tertiary alicyclic amines) is 1. The molecule has 1 N–H and O–H groups in total. The molecule has 1 aliphatic heterocycles. The number of hydrogen-bond donors (Lipinski definition) is 1. The van der Waals surface area contributed by atoms with Crippen LogP contribution in [-0.4, -0.2) is 37.0 Å². The van der Waals surface area contributed by atoms with Gasteiger partial charge >= 0.3 is 0 Å². The molecule has 5 heteroatoms. The fourth-order valence-electron chi connectivity index (χ4n) is 4.31. The summed E-state index contributed by atoms with van der Waals surface area (Å²) in [4.78, 5) is 14.9. The molecule has 2 atom stereocenters. The summed E-state index contributed by atoms with van der Waals surface area (Å²) >= 11 is 0. The van der Waals surface area contributed by atoms with Crippen LogP contribution in [0.5, 0.6) is 0 Å². The Morgan fingerprint density at radius 1 is 1.15 bits per heavy atom. The lowest BCUT2D eigenvalue weighted by molar-refractivity contribution is 0.120. The second-order valence-electron chi connectivity index (χ2n) is 7.37. The lowest BCUT2D eigenvalue weighted by atomic mass is 9.97. The standard InChI is InChI=1S/C21H23N5/c1-15-11-17(8-10-25(15)13-16-5-3-2-4-6-16)26-14-24-19-12-23-21-18(20(19)26)7-9-22-21/h2-7,9,12,14-15,17H,8,10-11,13H2,1H3,(H,22,23). The molecule has 1 fully saturated rings. The largest absolute Gasteiger partial charge is 0.346 e. The molecule has 1 aromatic carbocycles. The van der Waals surface area contributed by atoms with Crippen molar-refractivity contribution in [2.75, 3.05) is 6.54 Å². The van der Waals surface area contributed by atoms with Crippen molar-refractivity contribution >= 4 is 22.1 Å². The summed E-state index contributed by atoms with van der Waals surface area (Å²) in [6.07, 6.45) is 8.13. The number of imidazole rings is 1. The highest BCUT2D eigenvalue weighted by atomic mass is 15.2. The summed E-state index contributed by atoms with van der Waals surface area (Å²) < 4.78 is 2.38. The van der Waals surface area contributed by atoms with Crippen LogP contribution in [0.15, 0.2) is 55.1 Å². The first-order chi connectivity index (χ1) is 12.8. The van der Waals surface area contributed by atoms with Gasteiger partial charge in [-0.2, -0.15) is 0 Å². The zero-order valence-corrected chi connectivity index (χ0v) is 15.0. The minimum atomic E-state index is 0.488. The number of pyridine rings is 1. The van der Waals surface area contributed by atoms with Crippen molar-refractivity contribution in [1.82, 2.24) is 24.4 Å². The van der Waals surface area contributed by atoms with Crippen LogP contribution < -0.4 is 0 Å². The predicted octanol–water partition coefficient (Wildman–Crippen LogP) is 4.14. The number of rotatable bonds is 3. The first-order valence-electron chi connectivity index (χ1n) is 9.36. The van der Waals surface area contributed by atoms with Crippen molar-refractivity contribution < 1.29 is 0 Å². The van der Waals surface area contributed by atoms with Crippen molar-refractivity contribution in [2.24, 2.45) is 0 Å². The third kappa shape index (κ3) is 2.59. The Morgan fingerprint density at radius 2 is 2.04 bits per heavy atom. The van der Waals surface area contributed by atoms with E-state index in [0.717, 1.165) is 37.1 Å². The van der Waals surface area contributed by atoms with Crippen molar-refractivity contribution in [3.63, 3.8) is 0 Å². The molecule has 4 heterocycles. The molecule has 5 rings (SSSR count). The maximum absolute atomic E-state index is 4.61. The van der Waals surface area contributed by atoms with E-state index in [1.165, 1.54) is 16.5 Å². The van der Waals surface area contributed by atoms with Gasteiger partial charge in [-0.3, -0.25) is 4.90 Å². The summed E-state index contributed by atoms with van der Waals surface area (Å²) in [7, 11) is 0. The molecule has 26 heavy (non-hydrogen) atoms. The molecular formula is C21H23N5. The van der Waals surface area contributed by atoms with Crippen LogP contribution >= 0.6 is 0 Å². The number of H-pyrrole nitrogens is 1. The molecule has 0 radical (unpaired) electrons. The van der Waals surface area contributed by atoms with Crippen LogP contribution in [0.2, 0.25) is 0 Å². The zero-order valence-electron chi connectivity index (χ0n) is 15.0. The third-order valence-electron chi connectivity index (χ3n) is 5.73. The number of benzene rings is 1. The van der Waals surface area contributed by atoms with Crippen molar-refractivity contribution in [1.29, 1.82) is 0 Å². The first kappa shape index (κ1) is 15.6. The highest BCUT2D eigenvalue weighted by Crippen LogP contribution is 2.32. The fraction of sp³-hybridized carbons (Fsp3) is 0.333. The summed E-state index contributed by atoms with van der Waals surface area (Å²) in [5, 5.41) is 1.17. The van der Waals surface area contributed by atoms with Gasteiger partial charge in [0.1, 0.15) is 11.2 Å². The fourth-order valence-corrected chi connectivity index (χ4v) is 4.31.